The van der Waals surface area contributed by atoms with Crippen molar-refractivity contribution >= 4 is 22.7 Å². The Hall–Kier alpha value is -3.48. The Bertz CT molecular complexity index is 1250. The number of fused-ring (bicyclic) bond motifs is 1. The molecule has 0 radical (unpaired) electrons. The molecule has 3 aromatic rings. The molecule has 0 aliphatic carbocycles. The number of benzene rings is 2. The lowest BCUT2D eigenvalue weighted by molar-refractivity contribution is -0.135. The zero-order valence-corrected chi connectivity index (χ0v) is 18.2. The van der Waals surface area contributed by atoms with E-state index < -0.39 is 5.41 Å². The molecular formula is C25H26N4O3. The van der Waals surface area contributed by atoms with Crippen LogP contribution in [-0.2, 0) is 18.3 Å². The van der Waals surface area contributed by atoms with E-state index in [1.54, 1.807) is 30.1 Å². The van der Waals surface area contributed by atoms with E-state index in [4.69, 9.17) is 0 Å². The van der Waals surface area contributed by atoms with Gasteiger partial charge in [-0.15, -0.1) is 0 Å². The Morgan fingerprint density at radius 3 is 2.66 bits per heavy atom. The molecule has 2 aliphatic heterocycles. The number of carbonyl (C=O) groups is 2. The minimum absolute atomic E-state index is 0.109. The molecule has 2 saturated heterocycles. The van der Waals surface area contributed by atoms with Gasteiger partial charge in [0.25, 0.3) is 11.5 Å². The van der Waals surface area contributed by atoms with Crippen molar-refractivity contribution in [3.63, 3.8) is 0 Å². The number of nitrogens with zero attached hydrogens (tertiary/aromatic N) is 4. The Kier molecular flexibility index (Phi) is 5.04. The molecule has 3 heterocycles. The van der Waals surface area contributed by atoms with Crippen LogP contribution in [-0.4, -0.2) is 57.3 Å². The third-order valence-corrected chi connectivity index (χ3v) is 6.92. The van der Waals surface area contributed by atoms with E-state index in [1.807, 2.05) is 23.1 Å². The lowest BCUT2D eigenvalue weighted by Gasteiger charge is -2.24. The van der Waals surface area contributed by atoms with Crippen molar-refractivity contribution in [2.24, 2.45) is 12.5 Å². The normalized spacial score (nSPS) is 20.6. The van der Waals surface area contributed by atoms with Crippen molar-refractivity contribution in [1.29, 1.82) is 0 Å². The lowest BCUT2D eigenvalue weighted by atomic mass is 9.85. The first-order valence-electron chi connectivity index (χ1n) is 11.0. The van der Waals surface area contributed by atoms with Gasteiger partial charge in [-0.3, -0.25) is 14.4 Å². The average Bonchev–Trinajstić information content (AvgIpc) is 3.39. The molecule has 1 spiro atoms. The summed E-state index contributed by atoms with van der Waals surface area (Å²) in [6, 6.07) is 15.2. The van der Waals surface area contributed by atoms with Gasteiger partial charge < -0.3 is 14.4 Å². The second-order valence-corrected chi connectivity index (χ2v) is 8.93. The molecule has 0 saturated carbocycles. The van der Waals surface area contributed by atoms with Gasteiger partial charge in [-0.2, -0.15) is 0 Å². The number of aryl methyl sites for hydroxylation is 1. The summed E-state index contributed by atoms with van der Waals surface area (Å²) in [5.74, 6) is 0.0641. The van der Waals surface area contributed by atoms with Crippen LogP contribution >= 0.6 is 0 Å². The van der Waals surface area contributed by atoms with Gasteiger partial charge in [-0.25, -0.2) is 4.98 Å². The van der Waals surface area contributed by atoms with Gasteiger partial charge in [0, 0.05) is 38.8 Å². The standard InChI is InChI=1S/C25H26N4O3/c1-27-17-26-21-15-19(7-8-20(21)23(27)31)22(30)29-14-11-25(16-29)10-13-28(24(25)32)12-9-18-5-3-2-4-6-18/h2-8,15,17H,9-14,16H2,1H3. The Morgan fingerprint density at radius 1 is 1.06 bits per heavy atom. The minimum atomic E-state index is -0.461. The maximum Gasteiger partial charge on any atom is 0.260 e. The summed E-state index contributed by atoms with van der Waals surface area (Å²) in [4.78, 5) is 46.7. The van der Waals surface area contributed by atoms with E-state index in [9.17, 15) is 14.4 Å². The fourth-order valence-electron chi connectivity index (χ4n) is 4.97. The van der Waals surface area contributed by atoms with Crippen molar-refractivity contribution in [1.82, 2.24) is 19.4 Å². The summed E-state index contributed by atoms with van der Waals surface area (Å²) < 4.78 is 1.42. The molecule has 2 aromatic carbocycles. The molecule has 0 N–H and O–H groups in total. The monoisotopic (exact) mass is 430 g/mol. The van der Waals surface area contributed by atoms with Gasteiger partial charge in [0.15, 0.2) is 0 Å². The zero-order valence-electron chi connectivity index (χ0n) is 18.2. The third-order valence-electron chi connectivity index (χ3n) is 6.92. The Morgan fingerprint density at radius 2 is 1.84 bits per heavy atom. The molecule has 2 fully saturated rings. The summed E-state index contributed by atoms with van der Waals surface area (Å²) in [5.41, 5.74) is 1.64. The van der Waals surface area contributed by atoms with Crippen LogP contribution in [0.4, 0.5) is 0 Å². The van der Waals surface area contributed by atoms with Crippen LogP contribution in [0.5, 0.6) is 0 Å². The molecule has 0 bridgehead atoms. The first-order chi connectivity index (χ1) is 15.5. The maximum absolute atomic E-state index is 13.2. The van der Waals surface area contributed by atoms with Gasteiger partial charge in [0.05, 0.1) is 22.6 Å². The fraction of sp³-hybridized carbons (Fsp3) is 0.360. The van der Waals surface area contributed by atoms with E-state index in [2.05, 4.69) is 17.1 Å². The topological polar surface area (TPSA) is 75.5 Å². The number of likely N-dealkylation sites (tertiary alicyclic amines) is 2. The van der Waals surface area contributed by atoms with E-state index in [1.165, 1.54) is 16.5 Å². The SMILES string of the molecule is Cn1cnc2cc(C(=O)N3CCC4(CCN(CCc5ccccc5)C4=O)C3)ccc2c1=O. The highest BCUT2D eigenvalue weighted by molar-refractivity contribution is 5.98. The fourth-order valence-corrected chi connectivity index (χ4v) is 4.97. The zero-order chi connectivity index (χ0) is 22.3. The van der Waals surface area contributed by atoms with Crippen LogP contribution in [0.2, 0.25) is 0 Å². The van der Waals surface area contributed by atoms with Crippen molar-refractivity contribution in [3.05, 3.63) is 76.3 Å². The Balaban J connectivity index is 1.28. The first kappa shape index (κ1) is 20.4. The van der Waals surface area contributed by atoms with Crippen LogP contribution < -0.4 is 5.56 Å². The molecule has 7 heteroatoms. The smallest absolute Gasteiger partial charge is 0.260 e. The molecule has 1 atom stereocenters. The highest BCUT2D eigenvalue weighted by Gasteiger charge is 2.51. The summed E-state index contributed by atoms with van der Waals surface area (Å²) in [6.45, 7) is 2.48. The lowest BCUT2D eigenvalue weighted by Crippen LogP contribution is -2.39. The first-order valence-corrected chi connectivity index (χ1v) is 11.0. The van der Waals surface area contributed by atoms with Gasteiger partial charge in [0.1, 0.15) is 0 Å². The van der Waals surface area contributed by atoms with Crippen molar-refractivity contribution in [2.75, 3.05) is 26.2 Å². The summed E-state index contributed by atoms with van der Waals surface area (Å²) in [5, 5.41) is 0.490. The molecule has 2 aliphatic rings. The number of amides is 2. The number of carbonyl (C=O) groups excluding carboxylic acids is 2. The van der Waals surface area contributed by atoms with E-state index >= 15 is 0 Å². The highest BCUT2D eigenvalue weighted by atomic mass is 16.2. The molecule has 7 nitrogen and oxygen atoms in total. The van der Waals surface area contributed by atoms with Crippen LogP contribution in [0.15, 0.2) is 59.7 Å². The largest absolute Gasteiger partial charge is 0.342 e. The quantitative estimate of drug-likeness (QED) is 0.636. The van der Waals surface area contributed by atoms with Crippen LogP contribution in [0.3, 0.4) is 0 Å². The molecule has 5 rings (SSSR count). The molecule has 2 amide bonds. The van der Waals surface area contributed by atoms with E-state index in [0.29, 0.717) is 42.5 Å². The molecule has 1 aromatic heterocycles. The Labute approximate surface area is 186 Å². The van der Waals surface area contributed by atoms with Crippen LogP contribution in [0.1, 0.15) is 28.8 Å². The molecule has 32 heavy (non-hydrogen) atoms. The van der Waals surface area contributed by atoms with Crippen molar-refractivity contribution in [2.45, 2.75) is 19.3 Å². The predicted octanol–water partition coefficient (Wildman–Crippen LogP) is 2.24. The van der Waals surface area contributed by atoms with Crippen LogP contribution in [0, 0.1) is 5.41 Å². The maximum atomic E-state index is 13.2. The second-order valence-electron chi connectivity index (χ2n) is 8.93. The number of hydrogen-bond donors (Lipinski definition) is 0. The predicted molar refractivity (Wildman–Crippen MR) is 121 cm³/mol. The summed E-state index contributed by atoms with van der Waals surface area (Å²) in [6.07, 6.45) is 3.80. The van der Waals surface area contributed by atoms with E-state index in [0.717, 1.165) is 19.4 Å². The highest BCUT2D eigenvalue weighted by Crippen LogP contribution is 2.41. The van der Waals surface area contributed by atoms with Gasteiger partial charge in [-0.05, 0) is 43.0 Å². The molecule has 164 valence electrons. The van der Waals surface area contributed by atoms with E-state index in [-0.39, 0.29) is 17.4 Å². The van der Waals surface area contributed by atoms with Gasteiger partial charge in [-0.1, -0.05) is 30.3 Å². The molecular weight excluding hydrogens is 404 g/mol. The van der Waals surface area contributed by atoms with Crippen molar-refractivity contribution < 1.29 is 9.59 Å². The van der Waals surface area contributed by atoms with Crippen LogP contribution in [0.25, 0.3) is 10.9 Å². The van der Waals surface area contributed by atoms with Gasteiger partial charge >= 0.3 is 0 Å². The summed E-state index contributed by atoms with van der Waals surface area (Å²) in [7, 11) is 1.65. The summed E-state index contributed by atoms with van der Waals surface area (Å²) >= 11 is 0. The average molecular weight is 431 g/mol. The number of hydrogen-bond acceptors (Lipinski definition) is 4. The third kappa shape index (κ3) is 3.47. The minimum Gasteiger partial charge on any atom is -0.342 e. The molecule has 1 unspecified atom stereocenters. The van der Waals surface area contributed by atoms with Crippen molar-refractivity contribution in [3.8, 4) is 0 Å². The second kappa shape index (κ2) is 7.89. The number of aromatic nitrogens is 2. The van der Waals surface area contributed by atoms with Gasteiger partial charge in [0.2, 0.25) is 5.91 Å². The number of rotatable bonds is 4.